The number of aromatic nitrogens is 1. The first-order valence-corrected chi connectivity index (χ1v) is 6.00. The van der Waals surface area contributed by atoms with Crippen LogP contribution in [0.2, 0.25) is 0 Å². The smallest absolute Gasteiger partial charge is 0.165 e. The number of Topliss-reactive ketones (excluding diaryl/α,β-unsaturated/α-hetero) is 1. The molecule has 0 saturated heterocycles. The summed E-state index contributed by atoms with van der Waals surface area (Å²) in [4.78, 5) is 15.4. The van der Waals surface area contributed by atoms with E-state index in [4.69, 9.17) is 0 Å². The van der Waals surface area contributed by atoms with Crippen molar-refractivity contribution in [3.8, 4) is 0 Å². The third kappa shape index (κ3) is 1.70. The van der Waals surface area contributed by atoms with Crippen LogP contribution in [0.15, 0.2) is 36.5 Å². The van der Waals surface area contributed by atoms with Crippen LogP contribution >= 0.6 is 0 Å². The SMILES string of the molecule is Cc1c[nH]c2c1C(=O)CC(c1ccccc1)C2. The fraction of sp³-hybridized carbons (Fsp3) is 0.267. The number of benzene rings is 1. The summed E-state index contributed by atoms with van der Waals surface area (Å²) in [5.41, 5.74) is 4.38. The monoisotopic (exact) mass is 225 g/mol. The molecule has 17 heavy (non-hydrogen) atoms. The van der Waals surface area contributed by atoms with Crippen LogP contribution in [0.4, 0.5) is 0 Å². The standard InChI is InChI=1S/C15H15NO/c1-10-9-16-13-7-12(8-14(17)15(10)13)11-5-3-2-4-6-11/h2-6,9,12,16H,7-8H2,1H3. The van der Waals surface area contributed by atoms with Gasteiger partial charge in [0.25, 0.3) is 0 Å². The largest absolute Gasteiger partial charge is 0.364 e. The van der Waals surface area contributed by atoms with E-state index in [1.165, 1.54) is 5.56 Å². The van der Waals surface area contributed by atoms with E-state index in [0.29, 0.717) is 12.3 Å². The van der Waals surface area contributed by atoms with Gasteiger partial charge in [-0.3, -0.25) is 4.79 Å². The van der Waals surface area contributed by atoms with Gasteiger partial charge in [-0.25, -0.2) is 0 Å². The normalized spacial score (nSPS) is 19.1. The molecule has 1 aromatic heterocycles. The van der Waals surface area contributed by atoms with Gasteiger partial charge in [-0.05, 0) is 30.4 Å². The van der Waals surface area contributed by atoms with E-state index in [1.54, 1.807) is 0 Å². The maximum absolute atomic E-state index is 12.1. The number of H-pyrrole nitrogens is 1. The second kappa shape index (κ2) is 3.88. The van der Waals surface area contributed by atoms with Crippen molar-refractivity contribution in [3.05, 3.63) is 58.9 Å². The maximum Gasteiger partial charge on any atom is 0.165 e. The van der Waals surface area contributed by atoms with E-state index in [2.05, 4.69) is 17.1 Å². The van der Waals surface area contributed by atoms with Crippen LogP contribution in [-0.4, -0.2) is 10.8 Å². The number of nitrogens with one attached hydrogen (secondary N) is 1. The molecule has 0 fully saturated rings. The van der Waals surface area contributed by atoms with Crippen molar-refractivity contribution in [2.45, 2.75) is 25.7 Å². The van der Waals surface area contributed by atoms with Crippen molar-refractivity contribution in [1.82, 2.24) is 4.98 Å². The number of carbonyl (C=O) groups excluding carboxylic acids is 1. The minimum absolute atomic E-state index is 0.277. The lowest BCUT2D eigenvalue weighted by atomic mass is 9.81. The molecule has 0 spiro atoms. The Bertz CT molecular complexity index is 554. The summed E-state index contributed by atoms with van der Waals surface area (Å²) >= 11 is 0. The summed E-state index contributed by atoms with van der Waals surface area (Å²) in [5, 5.41) is 0. The van der Waals surface area contributed by atoms with Crippen LogP contribution in [0.25, 0.3) is 0 Å². The molecule has 0 radical (unpaired) electrons. The van der Waals surface area contributed by atoms with Crippen LogP contribution in [0.3, 0.4) is 0 Å². The molecule has 1 aliphatic rings. The lowest BCUT2D eigenvalue weighted by molar-refractivity contribution is 0.0963. The summed E-state index contributed by atoms with van der Waals surface area (Å²) < 4.78 is 0. The number of hydrogen-bond donors (Lipinski definition) is 1. The lowest BCUT2D eigenvalue weighted by Gasteiger charge is -2.22. The van der Waals surface area contributed by atoms with Gasteiger partial charge in [0.2, 0.25) is 0 Å². The Hall–Kier alpha value is -1.83. The fourth-order valence-electron chi connectivity index (χ4n) is 2.73. The number of aryl methyl sites for hydroxylation is 1. The number of carbonyl (C=O) groups is 1. The number of fused-ring (bicyclic) bond motifs is 1. The number of ketones is 1. The van der Waals surface area contributed by atoms with E-state index in [1.807, 2.05) is 31.3 Å². The van der Waals surface area contributed by atoms with E-state index < -0.39 is 0 Å². The van der Waals surface area contributed by atoms with Crippen molar-refractivity contribution < 1.29 is 4.79 Å². The zero-order valence-electron chi connectivity index (χ0n) is 9.86. The molecule has 1 aromatic carbocycles. The summed E-state index contributed by atoms with van der Waals surface area (Å²) in [6, 6.07) is 10.3. The minimum Gasteiger partial charge on any atom is -0.364 e. The zero-order valence-corrected chi connectivity index (χ0v) is 9.86. The Morgan fingerprint density at radius 3 is 2.71 bits per heavy atom. The molecule has 3 rings (SSSR count). The van der Waals surface area contributed by atoms with Gasteiger partial charge in [-0.2, -0.15) is 0 Å². The third-order valence-corrected chi connectivity index (χ3v) is 3.59. The second-order valence-corrected chi connectivity index (χ2v) is 4.76. The molecular weight excluding hydrogens is 210 g/mol. The van der Waals surface area contributed by atoms with Gasteiger partial charge in [0.05, 0.1) is 0 Å². The number of rotatable bonds is 1. The van der Waals surface area contributed by atoms with Gasteiger partial charge in [0.1, 0.15) is 0 Å². The van der Waals surface area contributed by atoms with E-state index in [-0.39, 0.29) is 5.78 Å². The van der Waals surface area contributed by atoms with Crippen LogP contribution in [0, 0.1) is 6.92 Å². The van der Waals surface area contributed by atoms with Crippen molar-refractivity contribution in [1.29, 1.82) is 0 Å². The average Bonchev–Trinajstić information content (AvgIpc) is 2.73. The molecule has 1 N–H and O–H groups in total. The predicted octanol–water partition coefficient (Wildman–Crippen LogP) is 3.24. The molecule has 0 amide bonds. The van der Waals surface area contributed by atoms with E-state index in [9.17, 15) is 4.79 Å². The van der Waals surface area contributed by atoms with Crippen LogP contribution in [0.5, 0.6) is 0 Å². The average molecular weight is 225 g/mol. The minimum atomic E-state index is 0.277. The molecule has 0 aliphatic heterocycles. The van der Waals surface area contributed by atoms with Crippen LogP contribution in [-0.2, 0) is 6.42 Å². The Morgan fingerprint density at radius 1 is 1.18 bits per heavy atom. The van der Waals surface area contributed by atoms with Crippen LogP contribution < -0.4 is 0 Å². The van der Waals surface area contributed by atoms with Crippen molar-refractivity contribution in [2.24, 2.45) is 0 Å². The first kappa shape index (κ1) is 10.3. The fourth-order valence-corrected chi connectivity index (χ4v) is 2.73. The highest BCUT2D eigenvalue weighted by Gasteiger charge is 2.28. The van der Waals surface area contributed by atoms with E-state index in [0.717, 1.165) is 23.2 Å². The van der Waals surface area contributed by atoms with Gasteiger partial charge < -0.3 is 4.98 Å². The first-order valence-electron chi connectivity index (χ1n) is 6.00. The van der Waals surface area contributed by atoms with Gasteiger partial charge in [0, 0.05) is 23.9 Å². The Balaban J connectivity index is 1.97. The second-order valence-electron chi connectivity index (χ2n) is 4.76. The van der Waals surface area contributed by atoms with Crippen molar-refractivity contribution in [2.75, 3.05) is 0 Å². The molecule has 1 atom stereocenters. The predicted molar refractivity (Wildman–Crippen MR) is 67.4 cm³/mol. The molecule has 0 saturated carbocycles. The molecule has 2 nitrogen and oxygen atoms in total. The summed E-state index contributed by atoms with van der Waals surface area (Å²) in [7, 11) is 0. The van der Waals surface area contributed by atoms with Gasteiger partial charge in [-0.15, -0.1) is 0 Å². The molecule has 1 unspecified atom stereocenters. The van der Waals surface area contributed by atoms with Gasteiger partial charge >= 0.3 is 0 Å². The molecular formula is C15H15NO. The van der Waals surface area contributed by atoms with Gasteiger partial charge in [0.15, 0.2) is 5.78 Å². The molecule has 2 heteroatoms. The third-order valence-electron chi connectivity index (χ3n) is 3.59. The zero-order chi connectivity index (χ0) is 11.8. The molecule has 86 valence electrons. The lowest BCUT2D eigenvalue weighted by Crippen LogP contribution is -2.18. The highest BCUT2D eigenvalue weighted by Crippen LogP contribution is 2.33. The highest BCUT2D eigenvalue weighted by atomic mass is 16.1. The molecule has 1 aliphatic carbocycles. The first-order chi connectivity index (χ1) is 8.25. The molecule has 1 heterocycles. The van der Waals surface area contributed by atoms with Crippen molar-refractivity contribution >= 4 is 5.78 Å². The highest BCUT2D eigenvalue weighted by molar-refractivity contribution is 6.00. The maximum atomic E-state index is 12.1. The summed E-state index contributed by atoms with van der Waals surface area (Å²) in [6.45, 7) is 2.00. The quantitative estimate of drug-likeness (QED) is 0.794. The Labute approximate surface area is 101 Å². The van der Waals surface area contributed by atoms with E-state index >= 15 is 0 Å². The number of hydrogen-bond acceptors (Lipinski definition) is 1. The Morgan fingerprint density at radius 2 is 1.94 bits per heavy atom. The number of aromatic amines is 1. The summed E-state index contributed by atoms with van der Waals surface area (Å²) in [5.74, 6) is 0.605. The molecule has 0 bridgehead atoms. The van der Waals surface area contributed by atoms with Crippen LogP contribution in [0.1, 0.15) is 39.5 Å². The Kier molecular flexibility index (Phi) is 2.36. The summed E-state index contributed by atoms with van der Waals surface area (Å²) in [6.07, 6.45) is 3.52. The van der Waals surface area contributed by atoms with Crippen molar-refractivity contribution in [3.63, 3.8) is 0 Å². The topological polar surface area (TPSA) is 32.9 Å². The van der Waals surface area contributed by atoms with Gasteiger partial charge in [-0.1, -0.05) is 30.3 Å². The molecule has 2 aromatic rings.